The van der Waals surface area contributed by atoms with E-state index in [2.05, 4.69) is 25.6 Å². The molecular formula is C21H19BrN2O3S. The fourth-order valence-electron chi connectivity index (χ4n) is 2.41. The largest absolute Gasteiger partial charge is 0.494 e. The second-order valence-electron chi connectivity index (χ2n) is 5.87. The Balaban J connectivity index is 1.69. The standard InChI is InChI=1S/C21H19BrN2O3S/c1-2-27-20-11-7-19(8-12-20)24-28(25,26)21-13-9-18(10-14-21)23-15-16-3-5-17(22)6-4-16/h3-15,24H,2H2,1H3. The summed E-state index contributed by atoms with van der Waals surface area (Å²) in [6, 6.07) is 20.9. The van der Waals surface area contributed by atoms with Crippen LogP contribution in [-0.4, -0.2) is 21.2 Å². The number of hydrogen-bond donors (Lipinski definition) is 1. The zero-order valence-electron chi connectivity index (χ0n) is 15.2. The third-order valence-corrected chi connectivity index (χ3v) is 5.72. The Bertz CT molecular complexity index is 1050. The van der Waals surface area contributed by atoms with Gasteiger partial charge in [0.2, 0.25) is 0 Å². The van der Waals surface area contributed by atoms with Crippen molar-refractivity contribution < 1.29 is 13.2 Å². The zero-order chi connectivity index (χ0) is 20.0. The van der Waals surface area contributed by atoms with E-state index in [0.717, 1.165) is 10.0 Å². The van der Waals surface area contributed by atoms with Crippen LogP contribution in [0.25, 0.3) is 0 Å². The summed E-state index contributed by atoms with van der Waals surface area (Å²) in [5.41, 5.74) is 2.10. The van der Waals surface area contributed by atoms with Crippen molar-refractivity contribution in [3.8, 4) is 5.75 Å². The van der Waals surface area contributed by atoms with Crippen molar-refractivity contribution in [2.75, 3.05) is 11.3 Å². The van der Waals surface area contributed by atoms with Crippen molar-refractivity contribution in [1.82, 2.24) is 0 Å². The van der Waals surface area contributed by atoms with Crippen LogP contribution in [0.3, 0.4) is 0 Å². The molecule has 0 heterocycles. The molecule has 3 aromatic rings. The first-order valence-electron chi connectivity index (χ1n) is 8.62. The molecule has 0 amide bonds. The molecule has 144 valence electrons. The van der Waals surface area contributed by atoms with Crippen LogP contribution in [0, 0.1) is 0 Å². The number of nitrogens with zero attached hydrogens (tertiary/aromatic N) is 1. The monoisotopic (exact) mass is 458 g/mol. The third kappa shape index (κ3) is 5.43. The maximum atomic E-state index is 12.5. The third-order valence-electron chi connectivity index (χ3n) is 3.80. The number of aliphatic imine (C=N–C) groups is 1. The van der Waals surface area contributed by atoms with E-state index in [0.29, 0.717) is 23.7 Å². The molecule has 0 aliphatic carbocycles. The Hall–Kier alpha value is -2.64. The summed E-state index contributed by atoms with van der Waals surface area (Å²) < 4.78 is 34.0. The Morgan fingerprint density at radius 1 is 0.964 bits per heavy atom. The van der Waals surface area contributed by atoms with Gasteiger partial charge in [-0.1, -0.05) is 28.1 Å². The quantitative estimate of drug-likeness (QED) is 0.481. The summed E-state index contributed by atoms with van der Waals surface area (Å²) in [6.45, 7) is 2.45. The van der Waals surface area contributed by atoms with Crippen LogP contribution in [-0.2, 0) is 10.0 Å². The fraction of sp³-hybridized carbons (Fsp3) is 0.0952. The molecule has 3 aromatic carbocycles. The SMILES string of the molecule is CCOc1ccc(NS(=O)(=O)c2ccc(N=Cc3ccc(Br)cc3)cc2)cc1. The molecule has 0 bridgehead atoms. The van der Waals surface area contributed by atoms with Crippen LogP contribution in [0.5, 0.6) is 5.75 Å². The molecule has 0 atom stereocenters. The number of benzene rings is 3. The van der Waals surface area contributed by atoms with Gasteiger partial charge in [0.25, 0.3) is 10.0 Å². The average Bonchev–Trinajstić information content (AvgIpc) is 2.69. The molecule has 7 heteroatoms. The molecular weight excluding hydrogens is 440 g/mol. The highest BCUT2D eigenvalue weighted by atomic mass is 79.9. The normalized spacial score (nSPS) is 11.5. The predicted octanol–water partition coefficient (Wildman–Crippen LogP) is 5.40. The lowest BCUT2D eigenvalue weighted by atomic mass is 10.2. The molecule has 0 radical (unpaired) electrons. The van der Waals surface area contributed by atoms with Gasteiger partial charge in [-0.2, -0.15) is 0 Å². The van der Waals surface area contributed by atoms with E-state index >= 15 is 0 Å². The van der Waals surface area contributed by atoms with Gasteiger partial charge in [0.05, 0.1) is 17.2 Å². The van der Waals surface area contributed by atoms with Gasteiger partial charge in [-0.15, -0.1) is 0 Å². The number of hydrogen-bond acceptors (Lipinski definition) is 4. The Morgan fingerprint density at radius 3 is 2.21 bits per heavy atom. The van der Waals surface area contributed by atoms with E-state index in [-0.39, 0.29) is 4.90 Å². The topological polar surface area (TPSA) is 67.8 Å². The molecule has 0 aromatic heterocycles. The summed E-state index contributed by atoms with van der Waals surface area (Å²) in [5.74, 6) is 0.693. The average molecular weight is 459 g/mol. The summed E-state index contributed by atoms with van der Waals surface area (Å²) in [7, 11) is -3.67. The Labute approximate surface area is 173 Å². The van der Waals surface area contributed by atoms with E-state index in [9.17, 15) is 8.42 Å². The Morgan fingerprint density at radius 2 is 1.61 bits per heavy atom. The van der Waals surface area contributed by atoms with Crippen molar-refractivity contribution in [3.63, 3.8) is 0 Å². The van der Waals surface area contributed by atoms with E-state index in [1.54, 1.807) is 42.6 Å². The molecule has 0 aliphatic heterocycles. The molecule has 0 unspecified atom stereocenters. The van der Waals surface area contributed by atoms with Crippen LogP contribution >= 0.6 is 15.9 Å². The smallest absolute Gasteiger partial charge is 0.261 e. The predicted molar refractivity (Wildman–Crippen MR) is 116 cm³/mol. The molecule has 3 rings (SSSR count). The number of sulfonamides is 1. The number of rotatable bonds is 7. The van der Waals surface area contributed by atoms with Gasteiger partial charge in [-0.25, -0.2) is 8.42 Å². The lowest BCUT2D eigenvalue weighted by Gasteiger charge is -2.09. The molecule has 0 saturated heterocycles. The number of anilines is 1. The first kappa shape index (κ1) is 20.1. The highest BCUT2D eigenvalue weighted by Crippen LogP contribution is 2.21. The summed E-state index contributed by atoms with van der Waals surface area (Å²) in [6.07, 6.45) is 1.73. The van der Waals surface area contributed by atoms with Crippen LogP contribution in [0.1, 0.15) is 12.5 Å². The highest BCUT2D eigenvalue weighted by Gasteiger charge is 2.14. The minimum Gasteiger partial charge on any atom is -0.494 e. The van der Waals surface area contributed by atoms with Crippen molar-refractivity contribution in [2.24, 2.45) is 4.99 Å². The maximum absolute atomic E-state index is 12.5. The summed E-state index contributed by atoms with van der Waals surface area (Å²) in [5, 5.41) is 0. The van der Waals surface area contributed by atoms with Gasteiger partial charge in [0, 0.05) is 16.4 Å². The molecule has 0 aliphatic rings. The molecule has 5 nitrogen and oxygen atoms in total. The first-order valence-corrected chi connectivity index (χ1v) is 10.9. The molecule has 28 heavy (non-hydrogen) atoms. The fourth-order valence-corrected chi connectivity index (χ4v) is 3.73. The van der Waals surface area contributed by atoms with Crippen LogP contribution in [0.2, 0.25) is 0 Å². The number of halogens is 1. The second-order valence-corrected chi connectivity index (χ2v) is 8.46. The van der Waals surface area contributed by atoms with Crippen LogP contribution < -0.4 is 9.46 Å². The zero-order valence-corrected chi connectivity index (χ0v) is 17.6. The minimum absolute atomic E-state index is 0.170. The molecule has 0 spiro atoms. The Kier molecular flexibility index (Phi) is 6.49. The molecule has 1 N–H and O–H groups in total. The molecule has 0 fully saturated rings. The van der Waals surface area contributed by atoms with Crippen LogP contribution in [0.15, 0.2) is 87.2 Å². The first-order chi connectivity index (χ1) is 13.5. The van der Waals surface area contributed by atoms with Crippen molar-refractivity contribution in [3.05, 3.63) is 82.8 Å². The second kappa shape index (κ2) is 9.03. The van der Waals surface area contributed by atoms with Gasteiger partial charge in [0.15, 0.2) is 0 Å². The van der Waals surface area contributed by atoms with Gasteiger partial charge in [-0.3, -0.25) is 9.71 Å². The van der Waals surface area contributed by atoms with Crippen molar-refractivity contribution >= 4 is 43.5 Å². The lowest BCUT2D eigenvalue weighted by molar-refractivity contribution is 0.340. The van der Waals surface area contributed by atoms with E-state index in [4.69, 9.17) is 4.74 Å². The molecule has 0 saturated carbocycles. The van der Waals surface area contributed by atoms with E-state index < -0.39 is 10.0 Å². The summed E-state index contributed by atoms with van der Waals surface area (Å²) in [4.78, 5) is 4.54. The van der Waals surface area contributed by atoms with Crippen LogP contribution in [0.4, 0.5) is 11.4 Å². The number of ether oxygens (including phenoxy) is 1. The van der Waals surface area contributed by atoms with Gasteiger partial charge < -0.3 is 4.74 Å². The van der Waals surface area contributed by atoms with E-state index in [1.807, 2.05) is 31.2 Å². The van der Waals surface area contributed by atoms with E-state index in [1.165, 1.54) is 12.1 Å². The van der Waals surface area contributed by atoms with Gasteiger partial charge in [-0.05, 0) is 73.2 Å². The lowest BCUT2D eigenvalue weighted by Crippen LogP contribution is -2.12. The van der Waals surface area contributed by atoms with Gasteiger partial charge >= 0.3 is 0 Å². The van der Waals surface area contributed by atoms with Gasteiger partial charge in [0.1, 0.15) is 5.75 Å². The summed E-state index contributed by atoms with van der Waals surface area (Å²) >= 11 is 3.39. The highest BCUT2D eigenvalue weighted by molar-refractivity contribution is 9.10. The maximum Gasteiger partial charge on any atom is 0.261 e. The number of nitrogens with one attached hydrogen (secondary N) is 1. The van der Waals surface area contributed by atoms with Crippen molar-refractivity contribution in [1.29, 1.82) is 0 Å². The minimum atomic E-state index is -3.67. The van der Waals surface area contributed by atoms with Crippen molar-refractivity contribution in [2.45, 2.75) is 11.8 Å².